The Labute approximate surface area is 170 Å². The van der Waals surface area contributed by atoms with E-state index in [0.717, 1.165) is 11.1 Å². The second-order valence-electron chi connectivity index (χ2n) is 6.79. The van der Waals surface area contributed by atoms with Gasteiger partial charge in [-0.25, -0.2) is 0 Å². The number of anilines is 2. The lowest BCUT2D eigenvalue weighted by atomic mass is 10.1. The van der Waals surface area contributed by atoms with E-state index in [4.69, 9.17) is 17.0 Å². The van der Waals surface area contributed by atoms with Gasteiger partial charge >= 0.3 is 0 Å². The van der Waals surface area contributed by atoms with Crippen LogP contribution in [-0.4, -0.2) is 24.0 Å². The minimum atomic E-state index is -0.275. The average Bonchev–Trinajstić information content (AvgIpc) is 2.62. The second kappa shape index (κ2) is 9.32. The predicted octanol–water partition coefficient (Wildman–Crippen LogP) is 4.03. The summed E-state index contributed by atoms with van der Waals surface area (Å²) in [5, 5.41) is 8.62. The molecule has 0 radical (unpaired) electrons. The van der Waals surface area contributed by atoms with Crippen molar-refractivity contribution in [2.75, 3.05) is 17.7 Å². The summed E-state index contributed by atoms with van der Waals surface area (Å²) in [6.45, 7) is 7.48. The highest BCUT2D eigenvalue weighted by Gasteiger charge is 2.13. The molecule has 0 saturated heterocycles. The Bertz CT molecular complexity index is 910. The van der Waals surface area contributed by atoms with E-state index >= 15 is 0 Å². The number of aryl methyl sites for hydroxylation is 2. The average molecular weight is 400 g/mol. The number of carbonyl (C=O) groups is 2. The van der Waals surface area contributed by atoms with Gasteiger partial charge in [-0.05, 0) is 49.8 Å². The molecule has 0 saturated carbocycles. The molecular weight excluding hydrogens is 374 g/mol. The van der Waals surface area contributed by atoms with Crippen LogP contribution in [0, 0.1) is 19.8 Å². The van der Waals surface area contributed by atoms with Crippen molar-refractivity contribution in [3.05, 3.63) is 53.1 Å². The van der Waals surface area contributed by atoms with Gasteiger partial charge in [0, 0.05) is 23.2 Å². The molecule has 0 aliphatic rings. The molecule has 2 aromatic rings. The fraction of sp³-hybridized carbons (Fsp3) is 0.286. The highest BCUT2D eigenvalue weighted by Crippen LogP contribution is 2.28. The quantitative estimate of drug-likeness (QED) is 0.662. The van der Waals surface area contributed by atoms with Crippen LogP contribution in [0.1, 0.15) is 35.3 Å². The molecule has 7 heteroatoms. The highest BCUT2D eigenvalue weighted by atomic mass is 32.1. The van der Waals surface area contributed by atoms with Crippen molar-refractivity contribution in [3.8, 4) is 5.75 Å². The first-order chi connectivity index (χ1) is 13.2. The van der Waals surface area contributed by atoms with E-state index in [1.165, 1.54) is 7.11 Å². The summed E-state index contributed by atoms with van der Waals surface area (Å²) in [5.74, 6) is -0.0314. The molecule has 2 amide bonds. The number of amides is 2. The van der Waals surface area contributed by atoms with Gasteiger partial charge in [0.05, 0.1) is 12.8 Å². The van der Waals surface area contributed by atoms with Crippen molar-refractivity contribution in [3.63, 3.8) is 0 Å². The van der Waals surface area contributed by atoms with Crippen molar-refractivity contribution in [1.82, 2.24) is 5.32 Å². The van der Waals surface area contributed by atoms with Crippen molar-refractivity contribution in [2.24, 2.45) is 5.92 Å². The molecule has 0 aromatic heterocycles. The number of nitrogens with one attached hydrogen (secondary N) is 3. The molecule has 2 rings (SSSR count). The van der Waals surface area contributed by atoms with Crippen molar-refractivity contribution >= 4 is 40.5 Å². The van der Waals surface area contributed by atoms with Gasteiger partial charge in [-0.2, -0.15) is 0 Å². The zero-order valence-electron chi connectivity index (χ0n) is 16.7. The molecule has 0 atom stereocenters. The number of benzene rings is 2. The summed E-state index contributed by atoms with van der Waals surface area (Å²) >= 11 is 5.24. The topological polar surface area (TPSA) is 79.5 Å². The fourth-order valence-electron chi connectivity index (χ4n) is 2.55. The zero-order valence-corrected chi connectivity index (χ0v) is 17.5. The van der Waals surface area contributed by atoms with Crippen molar-refractivity contribution < 1.29 is 14.3 Å². The van der Waals surface area contributed by atoms with Gasteiger partial charge in [0.15, 0.2) is 5.11 Å². The van der Waals surface area contributed by atoms with Gasteiger partial charge < -0.3 is 15.4 Å². The van der Waals surface area contributed by atoms with Gasteiger partial charge in [-0.15, -0.1) is 0 Å². The minimum Gasteiger partial charge on any atom is -0.494 e. The number of ether oxygens (including phenoxy) is 1. The number of carbonyl (C=O) groups excluding carboxylic acids is 2. The van der Waals surface area contributed by atoms with Crippen LogP contribution < -0.4 is 20.7 Å². The normalized spacial score (nSPS) is 10.4. The molecule has 0 bridgehead atoms. The van der Waals surface area contributed by atoms with Gasteiger partial charge in [0.25, 0.3) is 5.91 Å². The van der Waals surface area contributed by atoms with Gasteiger partial charge in [-0.3, -0.25) is 14.9 Å². The van der Waals surface area contributed by atoms with Crippen LogP contribution in [-0.2, 0) is 4.79 Å². The second-order valence-corrected chi connectivity index (χ2v) is 7.19. The van der Waals surface area contributed by atoms with Crippen LogP contribution >= 0.6 is 12.2 Å². The Balaban J connectivity index is 2.07. The van der Waals surface area contributed by atoms with E-state index in [-0.39, 0.29) is 22.8 Å². The molecule has 0 aliphatic carbocycles. The Morgan fingerprint density at radius 3 is 2.36 bits per heavy atom. The summed E-state index contributed by atoms with van der Waals surface area (Å²) in [4.78, 5) is 24.3. The third kappa shape index (κ3) is 5.53. The molecule has 2 aromatic carbocycles. The largest absolute Gasteiger partial charge is 0.494 e. The van der Waals surface area contributed by atoms with E-state index in [9.17, 15) is 9.59 Å². The van der Waals surface area contributed by atoms with Crippen molar-refractivity contribution in [1.29, 1.82) is 0 Å². The Kier molecular flexibility index (Phi) is 7.12. The van der Waals surface area contributed by atoms with E-state index < -0.39 is 0 Å². The molecule has 0 aliphatic heterocycles. The molecular formula is C21H25N3O3S. The Morgan fingerprint density at radius 1 is 1.04 bits per heavy atom. The standard InChI is InChI=1S/C21H25N3O3S/c1-12(2)19(25)23-17-9-7-15(11-18(17)27-5)22-21(28)24-20(26)16-8-6-13(3)10-14(16)4/h6-12H,1-5H3,(H,23,25)(H2,22,24,26,28). The molecule has 0 heterocycles. The number of rotatable bonds is 5. The summed E-state index contributed by atoms with van der Waals surface area (Å²) in [5.41, 5.74) is 3.74. The third-order valence-electron chi connectivity index (χ3n) is 4.10. The lowest BCUT2D eigenvalue weighted by Gasteiger charge is -2.15. The smallest absolute Gasteiger partial charge is 0.257 e. The van der Waals surface area contributed by atoms with E-state index in [0.29, 0.717) is 22.7 Å². The van der Waals surface area contributed by atoms with Crippen LogP contribution in [0.4, 0.5) is 11.4 Å². The number of hydrogen-bond acceptors (Lipinski definition) is 4. The molecule has 0 spiro atoms. The lowest BCUT2D eigenvalue weighted by molar-refractivity contribution is -0.118. The highest BCUT2D eigenvalue weighted by molar-refractivity contribution is 7.80. The number of hydrogen-bond donors (Lipinski definition) is 3. The van der Waals surface area contributed by atoms with E-state index in [2.05, 4.69) is 16.0 Å². The van der Waals surface area contributed by atoms with Crippen LogP contribution in [0.2, 0.25) is 0 Å². The zero-order chi connectivity index (χ0) is 20.8. The third-order valence-corrected chi connectivity index (χ3v) is 4.30. The SMILES string of the molecule is COc1cc(NC(=S)NC(=O)c2ccc(C)cc2C)ccc1NC(=O)C(C)C. The number of thiocarbonyl (C=S) groups is 1. The first-order valence-corrected chi connectivity index (χ1v) is 9.30. The monoisotopic (exact) mass is 399 g/mol. The van der Waals surface area contributed by atoms with E-state index in [1.807, 2.05) is 39.8 Å². The maximum Gasteiger partial charge on any atom is 0.257 e. The molecule has 28 heavy (non-hydrogen) atoms. The predicted molar refractivity (Wildman–Crippen MR) is 116 cm³/mol. The molecule has 0 unspecified atom stereocenters. The van der Waals surface area contributed by atoms with Crippen LogP contribution in [0.25, 0.3) is 0 Å². The summed E-state index contributed by atoms with van der Waals surface area (Å²) < 4.78 is 5.34. The molecule has 6 nitrogen and oxygen atoms in total. The van der Waals surface area contributed by atoms with Crippen LogP contribution in [0.5, 0.6) is 5.75 Å². The minimum absolute atomic E-state index is 0.102. The lowest BCUT2D eigenvalue weighted by Crippen LogP contribution is -2.34. The van der Waals surface area contributed by atoms with Crippen molar-refractivity contribution in [2.45, 2.75) is 27.7 Å². The molecule has 148 valence electrons. The van der Waals surface area contributed by atoms with Gasteiger partial charge in [-0.1, -0.05) is 31.5 Å². The van der Waals surface area contributed by atoms with Gasteiger partial charge in [0.2, 0.25) is 5.91 Å². The summed E-state index contributed by atoms with van der Waals surface area (Å²) in [6, 6.07) is 10.8. The van der Waals surface area contributed by atoms with Crippen LogP contribution in [0.3, 0.4) is 0 Å². The molecule has 3 N–H and O–H groups in total. The fourth-order valence-corrected chi connectivity index (χ4v) is 2.76. The first-order valence-electron chi connectivity index (χ1n) is 8.89. The Morgan fingerprint density at radius 2 is 1.75 bits per heavy atom. The summed E-state index contributed by atoms with van der Waals surface area (Å²) in [7, 11) is 1.52. The van der Waals surface area contributed by atoms with Crippen LogP contribution in [0.15, 0.2) is 36.4 Å². The van der Waals surface area contributed by atoms with E-state index in [1.54, 1.807) is 24.3 Å². The number of methoxy groups -OCH3 is 1. The maximum absolute atomic E-state index is 12.4. The summed E-state index contributed by atoms with van der Waals surface area (Å²) in [6.07, 6.45) is 0. The first kappa shape index (κ1) is 21.4. The molecule has 0 fully saturated rings. The maximum atomic E-state index is 12.4. The Hall–Kier alpha value is -2.93. The van der Waals surface area contributed by atoms with Gasteiger partial charge in [0.1, 0.15) is 5.75 Å².